The summed E-state index contributed by atoms with van der Waals surface area (Å²) in [5.74, 6) is -3.26. The lowest BCUT2D eigenvalue weighted by atomic mass is 10.6. The number of esters is 2. The molecule has 0 saturated heterocycles. The zero-order valence-electron chi connectivity index (χ0n) is 9.44. The molecule has 6 heteroatoms. The predicted octanol–water partition coefficient (Wildman–Crippen LogP) is -0.113. The highest BCUT2D eigenvalue weighted by Crippen LogP contribution is 2.03. The summed E-state index contributed by atoms with van der Waals surface area (Å²) in [4.78, 5) is 43.5. The molecule has 0 aliphatic carbocycles. The first kappa shape index (κ1) is 14.3. The number of hydrogen-bond donors (Lipinski definition) is 0. The van der Waals surface area contributed by atoms with Gasteiger partial charge in [-0.05, 0) is 6.92 Å². The SMILES string of the molecule is CC(=O)O[13CH2][13C](=O)[13CH]([13CH2]OC(C)=O)C(C)=O. The minimum absolute atomic E-state index is 0.315. The van der Waals surface area contributed by atoms with Gasteiger partial charge in [0.15, 0.2) is 12.4 Å². The van der Waals surface area contributed by atoms with Crippen molar-refractivity contribution in [1.29, 1.82) is 0 Å². The Hall–Kier alpha value is -1.72. The number of hydrogen-bond acceptors (Lipinski definition) is 6. The lowest BCUT2D eigenvalue weighted by Gasteiger charge is -2.11. The van der Waals surface area contributed by atoms with Crippen molar-refractivity contribution in [2.45, 2.75) is 20.8 Å². The summed E-state index contributed by atoms with van der Waals surface area (Å²) in [5.41, 5.74) is 0. The molecular formula is C10H14O6. The van der Waals surface area contributed by atoms with E-state index in [4.69, 9.17) is 0 Å². The minimum Gasteiger partial charge on any atom is -0.465 e. The Morgan fingerprint density at radius 3 is 1.81 bits per heavy atom. The van der Waals surface area contributed by atoms with Crippen molar-refractivity contribution in [2.24, 2.45) is 5.92 Å². The number of carbonyl (C=O) groups is 4. The van der Waals surface area contributed by atoms with Crippen LogP contribution in [-0.4, -0.2) is 36.7 Å². The van der Waals surface area contributed by atoms with Crippen LogP contribution in [0.3, 0.4) is 0 Å². The van der Waals surface area contributed by atoms with E-state index in [1.165, 1.54) is 13.8 Å². The van der Waals surface area contributed by atoms with Gasteiger partial charge < -0.3 is 9.47 Å². The van der Waals surface area contributed by atoms with Crippen LogP contribution in [-0.2, 0) is 28.7 Å². The van der Waals surface area contributed by atoms with Crippen LogP contribution in [0, 0.1) is 5.92 Å². The Balaban J connectivity index is 4.29. The molecule has 0 aromatic heterocycles. The van der Waals surface area contributed by atoms with E-state index in [0.717, 1.165) is 6.92 Å². The predicted molar refractivity (Wildman–Crippen MR) is 52.4 cm³/mol. The van der Waals surface area contributed by atoms with Crippen molar-refractivity contribution in [3.8, 4) is 0 Å². The third-order valence-corrected chi connectivity index (χ3v) is 1.75. The van der Waals surface area contributed by atoms with Gasteiger partial charge in [-0.3, -0.25) is 19.2 Å². The lowest BCUT2D eigenvalue weighted by molar-refractivity contribution is -0.152. The summed E-state index contributed by atoms with van der Waals surface area (Å²) in [6, 6.07) is 0. The molecule has 0 amide bonds. The monoisotopic (exact) mass is 234 g/mol. The molecule has 0 aromatic rings. The van der Waals surface area contributed by atoms with Crippen LogP contribution in [0.15, 0.2) is 0 Å². The van der Waals surface area contributed by atoms with Crippen molar-refractivity contribution in [2.75, 3.05) is 13.2 Å². The zero-order valence-corrected chi connectivity index (χ0v) is 9.44. The highest BCUT2D eigenvalue weighted by molar-refractivity contribution is 6.02. The van der Waals surface area contributed by atoms with Crippen LogP contribution >= 0.6 is 0 Å². The van der Waals surface area contributed by atoms with Crippen LogP contribution in [0.4, 0.5) is 0 Å². The van der Waals surface area contributed by atoms with Gasteiger partial charge in [-0.2, -0.15) is 0 Å². The minimum atomic E-state index is -1.07. The maximum absolute atomic E-state index is 11.4. The van der Waals surface area contributed by atoms with Gasteiger partial charge in [0.2, 0.25) is 0 Å². The van der Waals surface area contributed by atoms with E-state index in [2.05, 4.69) is 9.47 Å². The van der Waals surface area contributed by atoms with Gasteiger partial charge >= 0.3 is 11.9 Å². The number of rotatable bonds is 6. The third kappa shape index (κ3) is 5.90. The molecule has 0 fully saturated rings. The molecule has 0 spiro atoms. The second-order valence-corrected chi connectivity index (χ2v) is 3.21. The van der Waals surface area contributed by atoms with Gasteiger partial charge in [-0.1, -0.05) is 0 Å². The molecular weight excluding hydrogens is 220 g/mol. The van der Waals surface area contributed by atoms with E-state index in [9.17, 15) is 19.2 Å². The summed E-state index contributed by atoms with van der Waals surface area (Å²) >= 11 is 0. The molecule has 0 rings (SSSR count). The van der Waals surface area contributed by atoms with Crippen LogP contribution < -0.4 is 0 Å². The van der Waals surface area contributed by atoms with E-state index >= 15 is 0 Å². The summed E-state index contributed by atoms with van der Waals surface area (Å²) in [6.45, 7) is 2.74. The van der Waals surface area contributed by atoms with Crippen molar-refractivity contribution < 1.29 is 28.7 Å². The van der Waals surface area contributed by atoms with Gasteiger partial charge in [0, 0.05) is 13.8 Å². The van der Waals surface area contributed by atoms with E-state index < -0.39 is 36.0 Å². The van der Waals surface area contributed by atoms with Crippen LogP contribution in [0.1, 0.15) is 20.8 Å². The average molecular weight is 234 g/mol. The van der Waals surface area contributed by atoms with Crippen molar-refractivity contribution >= 4 is 23.5 Å². The number of ether oxygens (including phenoxy) is 2. The molecule has 1 unspecified atom stereocenters. The first-order valence-corrected chi connectivity index (χ1v) is 4.64. The van der Waals surface area contributed by atoms with E-state index in [-0.39, 0.29) is 6.61 Å². The van der Waals surface area contributed by atoms with Gasteiger partial charge in [0.1, 0.15) is 18.3 Å². The fraction of sp³-hybridized carbons (Fsp3) is 0.600. The molecule has 0 aliphatic rings. The molecule has 1 atom stereocenters. The molecule has 0 aromatic carbocycles. The molecule has 0 bridgehead atoms. The van der Waals surface area contributed by atoms with Gasteiger partial charge in [-0.25, -0.2) is 0 Å². The highest BCUT2D eigenvalue weighted by Gasteiger charge is 2.25. The maximum Gasteiger partial charge on any atom is 0.303 e. The third-order valence-electron chi connectivity index (χ3n) is 1.75. The van der Waals surface area contributed by atoms with Crippen LogP contribution in [0.2, 0.25) is 0 Å². The summed E-state index contributed by atoms with van der Waals surface area (Å²) in [5, 5.41) is 0. The molecule has 0 aliphatic heterocycles. The Bertz CT molecular complexity index is 306. The maximum atomic E-state index is 11.4. The van der Waals surface area contributed by atoms with Gasteiger partial charge in [0.05, 0.1) is 0 Å². The lowest BCUT2D eigenvalue weighted by Crippen LogP contribution is -2.31. The first-order chi connectivity index (χ1) is 7.34. The molecule has 6 nitrogen and oxygen atoms in total. The number of carbonyl (C=O) groups excluding carboxylic acids is 4. The fourth-order valence-corrected chi connectivity index (χ4v) is 0.911. The topological polar surface area (TPSA) is 86.7 Å². The summed E-state index contributed by atoms with van der Waals surface area (Å²) < 4.78 is 9.03. The summed E-state index contributed by atoms with van der Waals surface area (Å²) in [6.07, 6.45) is 0. The van der Waals surface area contributed by atoms with Crippen molar-refractivity contribution in [3.63, 3.8) is 0 Å². The highest BCUT2D eigenvalue weighted by atomic mass is 16.6. The average Bonchev–Trinajstić information content (AvgIpc) is 2.13. The van der Waals surface area contributed by atoms with Gasteiger partial charge in [-0.15, -0.1) is 0 Å². The zero-order chi connectivity index (χ0) is 12.7. The Kier molecular flexibility index (Phi) is 5.99. The normalized spacial score (nSPS) is 11.4. The van der Waals surface area contributed by atoms with Gasteiger partial charge in [0.25, 0.3) is 0 Å². The number of Topliss-reactive ketones (excluding diaryl/α,β-unsaturated/α-hetero) is 2. The Morgan fingerprint density at radius 1 is 0.938 bits per heavy atom. The largest absolute Gasteiger partial charge is 0.465 e. The summed E-state index contributed by atoms with van der Waals surface area (Å²) in [7, 11) is 0. The molecule has 0 saturated carbocycles. The number of ketones is 2. The molecule has 90 valence electrons. The van der Waals surface area contributed by atoms with Crippen molar-refractivity contribution in [3.05, 3.63) is 0 Å². The van der Waals surface area contributed by atoms with E-state index in [0.29, 0.717) is 0 Å². The molecule has 0 radical (unpaired) electrons. The molecule has 0 heterocycles. The second-order valence-electron chi connectivity index (χ2n) is 3.21. The fourth-order valence-electron chi connectivity index (χ4n) is 0.911. The Labute approximate surface area is 92.9 Å². The van der Waals surface area contributed by atoms with E-state index in [1.807, 2.05) is 0 Å². The smallest absolute Gasteiger partial charge is 0.303 e. The molecule has 0 N–H and O–H groups in total. The standard InChI is InChI=1S/C10H14O6/c1-6(11)9(4-15-7(2)12)10(14)5-16-8(3)13/h9H,4-5H2,1-3H3/i4+1,5+1,9+1,10+1. The second kappa shape index (κ2) is 6.71. The van der Waals surface area contributed by atoms with E-state index in [1.54, 1.807) is 0 Å². The first-order valence-electron chi connectivity index (χ1n) is 4.64. The van der Waals surface area contributed by atoms with Crippen LogP contribution in [0.25, 0.3) is 0 Å². The Morgan fingerprint density at radius 2 is 1.44 bits per heavy atom. The molecule has 16 heavy (non-hydrogen) atoms. The van der Waals surface area contributed by atoms with Crippen LogP contribution in [0.5, 0.6) is 0 Å². The van der Waals surface area contributed by atoms with Crippen molar-refractivity contribution in [1.82, 2.24) is 0 Å². The quantitative estimate of drug-likeness (QED) is 0.362.